The Morgan fingerprint density at radius 3 is 2.73 bits per heavy atom. The fraction of sp³-hybridized carbons (Fsp3) is 0.455. The highest BCUT2D eigenvalue weighted by molar-refractivity contribution is 5.69. The SMILES string of the molecule is Nc1ccc(N2CCCC(F)C2)cc1N. The number of anilines is 3. The summed E-state index contributed by atoms with van der Waals surface area (Å²) in [5.41, 5.74) is 13.4. The molecule has 0 amide bonds. The Morgan fingerprint density at radius 2 is 2.07 bits per heavy atom. The van der Waals surface area contributed by atoms with Crippen LogP contribution in [-0.4, -0.2) is 19.3 Å². The van der Waals surface area contributed by atoms with Crippen molar-refractivity contribution in [3.63, 3.8) is 0 Å². The maximum absolute atomic E-state index is 13.2. The van der Waals surface area contributed by atoms with Crippen molar-refractivity contribution in [1.82, 2.24) is 0 Å². The van der Waals surface area contributed by atoms with E-state index in [1.165, 1.54) is 0 Å². The van der Waals surface area contributed by atoms with Gasteiger partial charge in [0.25, 0.3) is 0 Å². The number of nitrogens with zero attached hydrogens (tertiary/aromatic N) is 1. The topological polar surface area (TPSA) is 55.3 Å². The average molecular weight is 209 g/mol. The quantitative estimate of drug-likeness (QED) is 0.693. The molecule has 1 atom stereocenters. The lowest BCUT2D eigenvalue weighted by Gasteiger charge is -2.31. The number of hydrogen-bond acceptors (Lipinski definition) is 3. The van der Waals surface area contributed by atoms with Crippen molar-refractivity contribution < 1.29 is 4.39 Å². The predicted molar refractivity (Wildman–Crippen MR) is 61.6 cm³/mol. The Bertz CT molecular complexity index is 354. The van der Waals surface area contributed by atoms with Gasteiger partial charge in [0.2, 0.25) is 0 Å². The second-order valence-electron chi connectivity index (χ2n) is 4.00. The summed E-state index contributed by atoms with van der Waals surface area (Å²) in [6, 6.07) is 5.48. The van der Waals surface area contributed by atoms with Crippen LogP contribution >= 0.6 is 0 Å². The number of rotatable bonds is 1. The lowest BCUT2D eigenvalue weighted by molar-refractivity contribution is 0.287. The number of benzene rings is 1. The van der Waals surface area contributed by atoms with E-state index in [0.29, 0.717) is 24.3 Å². The van der Waals surface area contributed by atoms with Crippen LogP contribution in [0, 0.1) is 0 Å². The molecule has 1 saturated heterocycles. The Labute approximate surface area is 88.9 Å². The van der Waals surface area contributed by atoms with E-state index in [-0.39, 0.29) is 0 Å². The van der Waals surface area contributed by atoms with Gasteiger partial charge in [0.05, 0.1) is 11.4 Å². The first-order chi connectivity index (χ1) is 7.16. The van der Waals surface area contributed by atoms with Crippen LogP contribution in [0.5, 0.6) is 0 Å². The minimum Gasteiger partial charge on any atom is -0.397 e. The highest BCUT2D eigenvalue weighted by Crippen LogP contribution is 2.26. The number of hydrogen-bond donors (Lipinski definition) is 2. The second-order valence-corrected chi connectivity index (χ2v) is 4.00. The van der Waals surface area contributed by atoms with Gasteiger partial charge in [-0.3, -0.25) is 0 Å². The van der Waals surface area contributed by atoms with Crippen LogP contribution in [0.15, 0.2) is 18.2 Å². The van der Waals surface area contributed by atoms with E-state index < -0.39 is 6.17 Å². The first-order valence-corrected chi connectivity index (χ1v) is 5.21. The summed E-state index contributed by atoms with van der Waals surface area (Å²) in [5, 5.41) is 0. The first kappa shape index (κ1) is 10.1. The van der Waals surface area contributed by atoms with Gasteiger partial charge in [0.1, 0.15) is 6.17 Å². The van der Waals surface area contributed by atoms with Crippen LogP contribution in [0.4, 0.5) is 21.5 Å². The predicted octanol–water partition coefficient (Wildman–Crippen LogP) is 1.79. The summed E-state index contributed by atoms with van der Waals surface area (Å²) in [4.78, 5) is 2.02. The molecule has 3 nitrogen and oxygen atoms in total. The van der Waals surface area contributed by atoms with Crippen molar-refractivity contribution in [2.75, 3.05) is 29.5 Å². The van der Waals surface area contributed by atoms with E-state index >= 15 is 0 Å². The molecule has 1 fully saturated rings. The van der Waals surface area contributed by atoms with Crippen LogP contribution in [-0.2, 0) is 0 Å². The third-order valence-electron chi connectivity index (χ3n) is 2.80. The van der Waals surface area contributed by atoms with Crippen molar-refractivity contribution in [1.29, 1.82) is 0 Å². The lowest BCUT2D eigenvalue weighted by atomic mass is 10.1. The number of nitrogen functional groups attached to an aromatic ring is 2. The van der Waals surface area contributed by atoms with Gasteiger partial charge < -0.3 is 16.4 Å². The van der Waals surface area contributed by atoms with Gasteiger partial charge in [-0.15, -0.1) is 0 Å². The molecule has 1 aliphatic heterocycles. The molecule has 0 aromatic heterocycles. The summed E-state index contributed by atoms with van der Waals surface area (Å²) in [7, 11) is 0. The van der Waals surface area contributed by atoms with Gasteiger partial charge in [-0.1, -0.05) is 0 Å². The standard InChI is InChI=1S/C11H16FN3/c12-8-2-1-5-15(7-8)9-3-4-10(13)11(14)6-9/h3-4,6,8H,1-2,5,7,13-14H2. The van der Waals surface area contributed by atoms with Crippen molar-refractivity contribution in [2.45, 2.75) is 19.0 Å². The highest BCUT2D eigenvalue weighted by atomic mass is 19.1. The Morgan fingerprint density at radius 1 is 1.27 bits per heavy atom. The molecule has 4 heteroatoms. The van der Waals surface area contributed by atoms with Gasteiger partial charge in [-0.05, 0) is 31.0 Å². The minimum atomic E-state index is -0.725. The van der Waals surface area contributed by atoms with Crippen LogP contribution in [0.3, 0.4) is 0 Å². The second kappa shape index (κ2) is 3.96. The molecule has 4 N–H and O–H groups in total. The zero-order chi connectivity index (χ0) is 10.8. The van der Waals surface area contributed by atoms with E-state index in [4.69, 9.17) is 11.5 Å². The van der Waals surface area contributed by atoms with Crippen LogP contribution in [0.2, 0.25) is 0 Å². The third kappa shape index (κ3) is 2.14. The largest absolute Gasteiger partial charge is 0.397 e. The molecule has 1 aromatic rings. The molecular formula is C11H16FN3. The molecule has 15 heavy (non-hydrogen) atoms. The molecule has 1 unspecified atom stereocenters. The molecular weight excluding hydrogens is 193 g/mol. The van der Waals surface area contributed by atoms with Crippen LogP contribution < -0.4 is 16.4 Å². The average Bonchev–Trinajstić information content (AvgIpc) is 2.22. The minimum absolute atomic E-state index is 0.462. The molecule has 1 aromatic carbocycles. The maximum Gasteiger partial charge on any atom is 0.118 e. The maximum atomic E-state index is 13.2. The lowest BCUT2D eigenvalue weighted by Crippen LogP contribution is -2.36. The van der Waals surface area contributed by atoms with E-state index in [0.717, 1.165) is 18.7 Å². The molecule has 0 aliphatic carbocycles. The Balaban J connectivity index is 2.18. The summed E-state index contributed by atoms with van der Waals surface area (Å²) in [5.74, 6) is 0. The van der Waals surface area contributed by atoms with Gasteiger partial charge in [0.15, 0.2) is 0 Å². The van der Waals surface area contributed by atoms with Crippen molar-refractivity contribution in [3.05, 3.63) is 18.2 Å². The first-order valence-electron chi connectivity index (χ1n) is 5.21. The van der Waals surface area contributed by atoms with Crippen LogP contribution in [0.25, 0.3) is 0 Å². The van der Waals surface area contributed by atoms with E-state index in [2.05, 4.69) is 0 Å². The number of piperidine rings is 1. The van der Waals surface area contributed by atoms with E-state index in [1.807, 2.05) is 17.0 Å². The van der Waals surface area contributed by atoms with Crippen molar-refractivity contribution in [3.8, 4) is 0 Å². The van der Waals surface area contributed by atoms with E-state index in [1.54, 1.807) is 6.07 Å². The molecule has 0 saturated carbocycles. The molecule has 0 bridgehead atoms. The Hall–Kier alpha value is -1.45. The normalized spacial score (nSPS) is 21.7. The van der Waals surface area contributed by atoms with Crippen LogP contribution in [0.1, 0.15) is 12.8 Å². The monoisotopic (exact) mass is 209 g/mol. The van der Waals surface area contributed by atoms with Gasteiger partial charge in [0, 0.05) is 18.8 Å². The van der Waals surface area contributed by atoms with Gasteiger partial charge >= 0.3 is 0 Å². The molecule has 2 rings (SSSR count). The molecule has 82 valence electrons. The van der Waals surface area contributed by atoms with Crippen molar-refractivity contribution in [2.24, 2.45) is 0 Å². The zero-order valence-corrected chi connectivity index (χ0v) is 8.62. The Kier molecular flexibility index (Phi) is 2.66. The fourth-order valence-electron chi connectivity index (χ4n) is 1.92. The highest BCUT2D eigenvalue weighted by Gasteiger charge is 2.19. The summed E-state index contributed by atoms with van der Waals surface area (Å²) < 4.78 is 13.2. The van der Waals surface area contributed by atoms with Gasteiger partial charge in [-0.25, -0.2) is 4.39 Å². The summed E-state index contributed by atoms with van der Waals surface area (Å²) in [6.45, 7) is 1.35. The summed E-state index contributed by atoms with van der Waals surface area (Å²) in [6.07, 6.45) is 0.837. The fourth-order valence-corrected chi connectivity index (χ4v) is 1.92. The molecule has 0 spiro atoms. The third-order valence-corrected chi connectivity index (χ3v) is 2.80. The zero-order valence-electron chi connectivity index (χ0n) is 8.62. The van der Waals surface area contributed by atoms with Gasteiger partial charge in [-0.2, -0.15) is 0 Å². The number of nitrogens with two attached hydrogens (primary N) is 2. The smallest absolute Gasteiger partial charge is 0.118 e. The van der Waals surface area contributed by atoms with E-state index in [9.17, 15) is 4.39 Å². The molecule has 1 heterocycles. The molecule has 1 aliphatic rings. The summed E-state index contributed by atoms with van der Waals surface area (Å²) >= 11 is 0. The molecule has 0 radical (unpaired) electrons. The number of halogens is 1. The van der Waals surface area contributed by atoms with Crippen molar-refractivity contribution >= 4 is 17.1 Å². The number of alkyl halides is 1.